The SMILES string of the molecule is Cc1ccc(C2=NN(C(=O)CN3CCCCC3C)C(c3ccco3)C2)cc1. The molecule has 2 aromatic rings. The quantitative estimate of drug-likeness (QED) is 0.818. The van der Waals surface area contributed by atoms with Crippen LogP contribution >= 0.6 is 0 Å². The third kappa shape index (κ3) is 3.83. The Morgan fingerprint density at radius 2 is 2.04 bits per heavy atom. The van der Waals surface area contributed by atoms with Gasteiger partial charge in [-0.2, -0.15) is 5.10 Å². The molecule has 4 rings (SSSR count). The van der Waals surface area contributed by atoms with Gasteiger partial charge in [0, 0.05) is 12.5 Å². The van der Waals surface area contributed by atoms with Crippen LogP contribution < -0.4 is 0 Å². The van der Waals surface area contributed by atoms with E-state index in [0.717, 1.165) is 36.4 Å². The van der Waals surface area contributed by atoms with Crippen LogP contribution in [0.2, 0.25) is 0 Å². The van der Waals surface area contributed by atoms with Gasteiger partial charge < -0.3 is 4.42 Å². The minimum absolute atomic E-state index is 0.0484. The summed E-state index contributed by atoms with van der Waals surface area (Å²) in [5, 5.41) is 6.38. The van der Waals surface area contributed by atoms with Crippen LogP contribution in [0.1, 0.15) is 55.5 Å². The number of hydrazone groups is 1. The largest absolute Gasteiger partial charge is 0.467 e. The van der Waals surface area contributed by atoms with Crippen LogP contribution in [0.3, 0.4) is 0 Å². The van der Waals surface area contributed by atoms with Crippen LogP contribution in [0.15, 0.2) is 52.2 Å². The molecule has 1 amide bonds. The molecule has 0 saturated carbocycles. The number of aryl methyl sites for hydroxylation is 1. The molecule has 5 heteroatoms. The van der Waals surface area contributed by atoms with Gasteiger partial charge in [-0.05, 0) is 50.9 Å². The minimum atomic E-state index is -0.163. The zero-order chi connectivity index (χ0) is 18.8. The van der Waals surface area contributed by atoms with Gasteiger partial charge in [0.25, 0.3) is 5.91 Å². The number of benzene rings is 1. The number of rotatable bonds is 4. The van der Waals surface area contributed by atoms with Crippen molar-refractivity contribution in [2.45, 2.75) is 51.6 Å². The smallest absolute Gasteiger partial charge is 0.257 e. The molecule has 5 nitrogen and oxygen atoms in total. The summed E-state index contributed by atoms with van der Waals surface area (Å²) in [6, 6.07) is 12.4. The van der Waals surface area contributed by atoms with Crippen LogP contribution in [0, 0.1) is 6.92 Å². The molecule has 2 atom stereocenters. The Labute approximate surface area is 160 Å². The highest BCUT2D eigenvalue weighted by molar-refractivity contribution is 6.03. The van der Waals surface area contributed by atoms with Gasteiger partial charge in [-0.1, -0.05) is 36.2 Å². The van der Waals surface area contributed by atoms with E-state index in [1.54, 1.807) is 11.3 Å². The molecule has 1 aromatic heterocycles. The van der Waals surface area contributed by atoms with Crippen molar-refractivity contribution in [1.82, 2.24) is 9.91 Å². The number of carbonyl (C=O) groups is 1. The van der Waals surface area contributed by atoms with E-state index in [0.29, 0.717) is 19.0 Å². The summed E-state index contributed by atoms with van der Waals surface area (Å²) in [4.78, 5) is 15.4. The Morgan fingerprint density at radius 1 is 1.22 bits per heavy atom. The maximum atomic E-state index is 13.1. The fraction of sp³-hybridized carbons (Fsp3) is 0.455. The second-order valence-corrected chi connectivity index (χ2v) is 7.70. The zero-order valence-corrected chi connectivity index (χ0v) is 16.1. The van der Waals surface area contributed by atoms with Gasteiger partial charge in [0.15, 0.2) is 0 Å². The van der Waals surface area contributed by atoms with E-state index in [1.807, 2.05) is 12.1 Å². The van der Waals surface area contributed by atoms with Crippen molar-refractivity contribution in [3.63, 3.8) is 0 Å². The number of nitrogens with zero attached hydrogens (tertiary/aromatic N) is 3. The lowest BCUT2D eigenvalue weighted by Crippen LogP contribution is -2.44. The lowest BCUT2D eigenvalue weighted by molar-refractivity contribution is -0.135. The van der Waals surface area contributed by atoms with Crippen LogP contribution in [0.4, 0.5) is 0 Å². The molecule has 2 aliphatic heterocycles. The van der Waals surface area contributed by atoms with Crippen molar-refractivity contribution in [2.75, 3.05) is 13.1 Å². The molecule has 27 heavy (non-hydrogen) atoms. The monoisotopic (exact) mass is 365 g/mol. The molecule has 0 radical (unpaired) electrons. The summed E-state index contributed by atoms with van der Waals surface area (Å²) in [6.07, 6.45) is 5.91. The standard InChI is InChI=1S/C22H27N3O2/c1-16-8-10-18(11-9-16)19-14-20(21-7-5-13-27-21)25(23-19)22(26)15-24-12-4-3-6-17(24)2/h5,7-11,13,17,20H,3-4,6,12,14-15H2,1-2H3. The van der Waals surface area contributed by atoms with Crippen molar-refractivity contribution in [1.29, 1.82) is 0 Å². The van der Waals surface area contributed by atoms with Crippen molar-refractivity contribution in [3.05, 3.63) is 59.5 Å². The third-order valence-corrected chi connectivity index (χ3v) is 5.70. The highest BCUT2D eigenvalue weighted by Gasteiger charge is 2.36. The Hall–Kier alpha value is -2.40. The fourth-order valence-electron chi connectivity index (χ4n) is 4.00. The third-order valence-electron chi connectivity index (χ3n) is 5.70. The first-order valence-electron chi connectivity index (χ1n) is 9.86. The van der Waals surface area contributed by atoms with Crippen molar-refractivity contribution in [3.8, 4) is 0 Å². The number of furan rings is 1. The Kier molecular flexibility index (Phi) is 5.12. The fourth-order valence-corrected chi connectivity index (χ4v) is 4.00. The summed E-state index contributed by atoms with van der Waals surface area (Å²) >= 11 is 0. The summed E-state index contributed by atoms with van der Waals surface area (Å²) in [5.41, 5.74) is 3.22. The number of likely N-dealkylation sites (tertiary alicyclic amines) is 1. The summed E-state index contributed by atoms with van der Waals surface area (Å²) in [6.45, 7) is 5.69. The average Bonchev–Trinajstić information content (AvgIpc) is 3.33. The Bertz CT molecular complexity index is 811. The van der Waals surface area contributed by atoms with Gasteiger partial charge in [-0.25, -0.2) is 5.01 Å². The van der Waals surface area contributed by atoms with Crippen LogP contribution in [-0.4, -0.2) is 40.7 Å². The van der Waals surface area contributed by atoms with E-state index in [4.69, 9.17) is 9.52 Å². The molecule has 1 saturated heterocycles. The Morgan fingerprint density at radius 3 is 2.74 bits per heavy atom. The Balaban J connectivity index is 1.57. The molecule has 0 bridgehead atoms. The maximum absolute atomic E-state index is 13.1. The molecular formula is C22H27N3O2. The number of hydrogen-bond acceptors (Lipinski definition) is 4. The van der Waals surface area contributed by atoms with E-state index < -0.39 is 0 Å². The van der Waals surface area contributed by atoms with Gasteiger partial charge in [-0.15, -0.1) is 0 Å². The zero-order valence-electron chi connectivity index (χ0n) is 16.1. The van der Waals surface area contributed by atoms with Gasteiger partial charge in [0.1, 0.15) is 11.8 Å². The van der Waals surface area contributed by atoms with Crippen molar-refractivity contribution < 1.29 is 9.21 Å². The predicted octanol–water partition coefficient (Wildman–Crippen LogP) is 4.14. The molecule has 0 spiro atoms. The molecular weight excluding hydrogens is 338 g/mol. The highest BCUT2D eigenvalue weighted by Crippen LogP contribution is 2.33. The number of carbonyl (C=O) groups excluding carboxylic acids is 1. The van der Waals surface area contributed by atoms with Gasteiger partial charge >= 0.3 is 0 Å². The first-order chi connectivity index (χ1) is 13.1. The normalized spacial score (nSPS) is 23.5. The van der Waals surface area contributed by atoms with Crippen LogP contribution in [0.25, 0.3) is 0 Å². The summed E-state index contributed by atoms with van der Waals surface area (Å²) in [5.74, 6) is 0.841. The molecule has 1 fully saturated rings. The van der Waals surface area contributed by atoms with Gasteiger partial charge in [-0.3, -0.25) is 9.69 Å². The van der Waals surface area contributed by atoms with E-state index in [2.05, 4.69) is 43.0 Å². The van der Waals surface area contributed by atoms with E-state index >= 15 is 0 Å². The molecule has 142 valence electrons. The second kappa shape index (κ2) is 7.69. The summed E-state index contributed by atoms with van der Waals surface area (Å²) < 4.78 is 5.63. The molecule has 1 aromatic carbocycles. The van der Waals surface area contributed by atoms with Crippen molar-refractivity contribution in [2.24, 2.45) is 5.10 Å². The van der Waals surface area contributed by atoms with E-state index in [1.165, 1.54) is 12.0 Å². The van der Waals surface area contributed by atoms with Crippen LogP contribution in [-0.2, 0) is 4.79 Å². The number of piperidine rings is 1. The van der Waals surface area contributed by atoms with E-state index in [-0.39, 0.29) is 11.9 Å². The predicted molar refractivity (Wildman–Crippen MR) is 106 cm³/mol. The highest BCUT2D eigenvalue weighted by atomic mass is 16.3. The first kappa shape index (κ1) is 18.0. The molecule has 3 heterocycles. The molecule has 0 aliphatic carbocycles. The number of amides is 1. The topological polar surface area (TPSA) is 49.1 Å². The minimum Gasteiger partial charge on any atom is -0.467 e. The lowest BCUT2D eigenvalue weighted by Gasteiger charge is -2.33. The number of hydrogen-bond donors (Lipinski definition) is 0. The first-order valence-corrected chi connectivity index (χ1v) is 9.86. The average molecular weight is 365 g/mol. The van der Waals surface area contributed by atoms with Crippen molar-refractivity contribution >= 4 is 11.6 Å². The summed E-state index contributed by atoms with van der Waals surface area (Å²) in [7, 11) is 0. The molecule has 0 N–H and O–H groups in total. The van der Waals surface area contributed by atoms with Crippen LogP contribution in [0.5, 0.6) is 0 Å². The maximum Gasteiger partial charge on any atom is 0.257 e. The molecule has 2 aliphatic rings. The molecule has 2 unspecified atom stereocenters. The second-order valence-electron chi connectivity index (χ2n) is 7.70. The lowest BCUT2D eigenvalue weighted by atomic mass is 10.0. The van der Waals surface area contributed by atoms with Gasteiger partial charge in [0.05, 0.1) is 18.5 Å². The van der Waals surface area contributed by atoms with Gasteiger partial charge in [0.2, 0.25) is 0 Å². The van der Waals surface area contributed by atoms with E-state index in [9.17, 15) is 4.79 Å².